The molecule has 5 aliphatic rings. The zero-order valence-corrected chi connectivity index (χ0v) is 31.4. The van der Waals surface area contributed by atoms with Crippen LogP contribution in [0.4, 0.5) is 0 Å². The van der Waals surface area contributed by atoms with E-state index in [0.717, 1.165) is 57.8 Å². The van der Waals surface area contributed by atoms with E-state index in [1.807, 2.05) is 13.0 Å². The summed E-state index contributed by atoms with van der Waals surface area (Å²) in [6, 6.07) is 0. The van der Waals surface area contributed by atoms with E-state index in [4.69, 9.17) is 4.74 Å². The summed E-state index contributed by atoms with van der Waals surface area (Å²) < 4.78 is 6.29. The third-order valence-corrected chi connectivity index (χ3v) is 15.8. The number of allylic oxidation sites excluding steroid dienone is 2. The molecule has 4 saturated carbocycles. The van der Waals surface area contributed by atoms with Crippen LogP contribution in [0.5, 0.6) is 0 Å². The van der Waals surface area contributed by atoms with Crippen molar-refractivity contribution >= 4 is 17.7 Å². The summed E-state index contributed by atoms with van der Waals surface area (Å²) in [6.07, 6.45) is 21.7. The van der Waals surface area contributed by atoms with Gasteiger partial charge >= 0.3 is 11.9 Å². The first-order valence-corrected chi connectivity index (χ1v) is 19.7. The first-order chi connectivity index (χ1) is 22.0. The Balaban J connectivity index is 1.28. The number of ether oxygens (including phenoxy) is 1. The van der Waals surface area contributed by atoms with Crippen molar-refractivity contribution < 1.29 is 24.2 Å². The molecule has 0 aliphatic heterocycles. The van der Waals surface area contributed by atoms with E-state index >= 15 is 0 Å². The summed E-state index contributed by atoms with van der Waals surface area (Å²) in [4.78, 5) is 40.1. The summed E-state index contributed by atoms with van der Waals surface area (Å²) in [5, 5.41) is 10.2. The highest BCUT2D eigenvalue weighted by molar-refractivity contribution is 5.95. The first-order valence-electron chi connectivity index (χ1n) is 19.7. The molecule has 4 fully saturated rings. The van der Waals surface area contributed by atoms with Gasteiger partial charge in [0.05, 0.1) is 5.41 Å². The number of rotatable bonds is 12. The van der Waals surface area contributed by atoms with Gasteiger partial charge in [-0.2, -0.15) is 0 Å². The third kappa shape index (κ3) is 6.19. The molecule has 0 aromatic rings. The Labute approximate surface area is 286 Å². The van der Waals surface area contributed by atoms with Crippen molar-refractivity contribution in [1.82, 2.24) is 0 Å². The molecule has 47 heavy (non-hydrogen) atoms. The van der Waals surface area contributed by atoms with Crippen LogP contribution in [0.1, 0.15) is 177 Å². The molecule has 0 heterocycles. The van der Waals surface area contributed by atoms with Crippen molar-refractivity contribution in [3.05, 3.63) is 11.6 Å². The fourth-order valence-corrected chi connectivity index (χ4v) is 12.4. The number of aliphatic carboxylic acids is 1. The molecule has 5 heteroatoms. The molecule has 0 saturated heterocycles. The van der Waals surface area contributed by atoms with E-state index < -0.39 is 11.4 Å². The highest BCUT2D eigenvalue weighted by atomic mass is 16.5. The number of carboxylic acid groups (broad SMARTS) is 1. The number of hydrogen-bond donors (Lipinski definition) is 1. The number of unbranched alkanes of at least 4 members (excludes halogenated alkanes) is 8. The lowest BCUT2D eigenvalue weighted by atomic mass is 9.33. The molecule has 0 bridgehead atoms. The van der Waals surface area contributed by atoms with Gasteiger partial charge in [0.2, 0.25) is 0 Å². The Morgan fingerprint density at radius 3 is 2.06 bits per heavy atom. The molecule has 0 radical (unpaired) electrons. The minimum atomic E-state index is -0.735. The zero-order valence-electron chi connectivity index (χ0n) is 31.4. The van der Waals surface area contributed by atoms with Crippen LogP contribution in [-0.4, -0.2) is 28.9 Å². The van der Waals surface area contributed by atoms with E-state index in [1.54, 1.807) is 0 Å². The van der Waals surface area contributed by atoms with Crippen molar-refractivity contribution in [2.75, 3.05) is 0 Å². The van der Waals surface area contributed by atoms with Crippen molar-refractivity contribution in [2.24, 2.45) is 50.2 Å². The van der Waals surface area contributed by atoms with Gasteiger partial charge in [-0.25, -0.2) is 0 Å². The maximum atomic E-state index is 14.6. The van der Waals surface area contributed by atoms with Crippen LogP contribution in [0.2, 0.25) is 0 Å². The minimum absolute atomic E-state index is 0.0461. The number of carboxylic acids is 1. The van der Waals surface area contributed by atoms with Gasteiger partial charge in [0.25, 0.3) is 0 Å². The molecule has 0 aromatic carbocycles. The maximum absolute atomic E-state index is 14.6. The van der Waals surface area contributed by atoms with Crippen LogP contribution in [-0.2, 0) is 19.1 Å². The Bertz CT molecular complexity index is 1230. The van der Waals surface area contributed by atoms with Gasteiger partial charge in [0, 0.05) is 17.8 Å². The molecule has 0 spiro atoms. The molecule has 5 aliphatic carbocycles. The minimum Gasteiger partial charge on any atom is -0.481 e. The SMILES string of the molecule is CCCCCCCCCCCC(=O)O[C@H]1CC[C@]2(C)[C@H]3C(=O)C=C4[C@@H]5C[C@@](C)(C(=O)O)CC[C@]5(C)CC[C@@]4(C)[C@]3(C)CC[C@H]2C1(C)C. The molecule has 5 rings (SSSR count). The van der Waals surface area contributed by atoms with Gasteiger partial charge in [-0.3, -0.25) is 14.4 Å². The van der Waals surface area contributed by atoms with Crippen molar-refractivity contribution in [3.8, 4) is 0 Å². The van der Waals surface area contributed by atoms with E-state index in [2.05, 4.69) is 48.5 Å². The van der Waals surface area contributed by atoms with Crippen LogP contribution in [0, 0.1) is 50.2 Å². The highest BCUT2D eigenvalue weighted by Crippen LogP contribution is 2.75. The topological polar surface area (TPSA) is 80.7 Å². The van der Waals surface area contributed by atoms with Crippen LogP contribution in [0.3, 0.4) is 0 Å². The predicted octanol–water partition coefficient (Wildman–Crippen LogP) is 10.9. The van der Waals surface area contributed by atoms with E-state index in [0.29, 0.717) is 25.2 Å². The lowest BCUT2D eigenvalue weighted by molar-refractivity contribution is -0.211. The van der Waals surface area contributed by atoms with Crippen LogP contribution < -0.4 is 0 Å². The summed E-state index contributed by atoms with van der Waals surface area (Å²) in [7, 11) is 0. The smallest absolute Gasteiger partial charge is 0.309 e. The highest BCUT2D eigenvalue weighted by Gasteiger charge is 2.70. The number of carbonyl (C=O) groups is 3. The van der Waals surface area contributed by atoms with Gasteiger partial charge in [-0.1, -0.05) is 105 Å². The van der Waals surface area contributed by atoms with Crippen LogP contribution in [0.15, 0.2) is 11.6 Å². The van der Waals surface area contributed by atoms with Crippen molar-refractivity contribution in [2.45, 2.75) is 183 Å². The Hall–Kier alpha value is -1.65. The number of fused-ring (bicyclic) bond motifs is 7. The van der Waals surface area contributed by atoms with E-state index in [-0.39, 0.29) is 56.8 Å². The molecule has 1 N–H and O–H groups in total. The van der Waals surface area contributed by atoms with Crippen LogP contribution >= 0.6 is 0 Å². The Kier molecular flexibility index (Phi) is 10.3. The monoisotopic (exact) mass is 653 g/mol. The first kappa shape index (κ1) is 36.6. The number of carbonyl (C=O) groups excluding carboxylic acids is 2. The number of ketones is 1. The quantitative estimate of drug-likeness (QED) is 0.168. The molecular weight excluding hydrogens is 584 g/mol. The molecule has 0 aromatic heterocycles. The van der Waals surface area contributed by atoms with Crippen molar-refractivity contribution in [1.29, 1.82) is 0 Å². The average Bonchev–Trinajstić information content (AvgIpc) is 2.99. The fourth-order valence-electron chi connectivity index (χ4n) is 12.4. The standard InChI is InChI=1S/C42H68O5/c1-9-10-11-12-13-14-15-16-17-18-34(44)47-33-20-21-40(6)32(37(33,2)3)19-22-42(8)35(40)31(43)27-29-30-28-39(5,36(45)46)24-23-38(30,4)25-26-41(29,42)7/h27,30,32-33,35H,9-26,28H2,1-8H3,(H,45,46)/t30-,32-,33-,35+,38+,39-,40-,41+,42+/m0/s1. The molecule has 0 unspecified atom stereocenters. The number of hydrogen-bond acceptors (Lipinski definition) is 4. The second-order valence-electron chi connectivity index (χ2n) is 19.0. The summed E-state index contributed by atoms with van der Waals surface area (Å²) in [6.45, 7) is 18.4. The van der Waals surface area contributed by atoms with Crippen LogP contribution in [0.25, 0.3) is 0 Å². The Morgan fingerprint density at radius 1 is 0.809 bits per heavy atom. The molecule has 266 valence electrons. The summed E-state index contributed by atoms with van der Waals surface area (Å²) in [5.41, 5.74) is -0.0726. The second-order valence-corrected chi connectivity index (χ2v) is 19.0. The van der Waals surface area contributed by atoms with E-state index in [9.17, 15) is 19.5 Å². The largest absolute Gasteiger partial charge is 0.481 e. The lowest BCUT2D eigenvalue weighted by Gasteiger charge is -2.70. The average molecular weight is 653 g/mol. The number of esters is 1. The summed E-state index contributed by atoms with van der Waals surface area (Å²) in [5.74, 6) is -0.0982. The van der Waals surface area contributed by atoms with E-state index in [1.165, 1.54) is 50.5 Å². The fraction of sp³-hybridized carbons (Fsp3) is 0.881. The Morgan fingerprint density at radius 2 is 1.43 bits per heavy atom. The normalized spacial score (nSPS) is 42.3. The van der Waals surface area contributed by atoms with Gasteiger partial charge in [-0.05, 0) is 111 Å². The summed E-state index contributed by atoms with van der Waals surface area (Å²) >= 11 is 0. The molecule has 9 atom stereocenters. The van der Waals surface area contributed by atoms with Gasteiger partial charge in [0.15, 0.2) is 5.78 Å². The van der Waals surface area contributed by atoms with Crippen molar-refractivity contribution in [3.63, 3.8) is 0 Å². The van der Waals surface area contributed by atoms with Gasteiger partial charge < -0.3 is 9.84 Å². The predicted molar refractivity (Wildman–Crippen MR) is 189 cm³/mol. The maximum Gasteiger partial charge on any atom is 0.309 e. The van der Waals surface area contributed by atoms with Gasteiger partial charge in [-0.15, -0.1) is 0 Å². The third-order valence-electron chi connectivity index (χ3n) is 15.8. The molecule has 5 nitrogen and oxygen atoms in total. The van der Waals surface area contributed by atoms with Gasteiger partial charge in [0.1, 0.15) is 6.10 Å². The second kappa shape index (κ2) is 13.2. The molecule has 0 amide bonds. The molecular formula is C42H68O5. The zero-order chi connectivity index (χ0) is 34.5. The lowest BCUT2D eigenvalue weighted by Crippen LogP contribution is -2.66.